The number of rotatable bonds is 6. The lowest BCUT2D eigenvalue weighted by atomic mass is 10.1. The Balaban J connectivity index is 1.71. The van der Waals surface area contributed by atoms with Gasteiger partial charge >= 0.3 is 0 Å². The maximum absolute atomic E-state index is 12.3. The molecule has 3 rings (SSSR count). The SMILES string of the molecule is COc1cccc(-c2cc(CC(=O)Nc3cc(C)ccc3OC)no2)c1. The lowest BCUT2D eigenvalue weighted by Crippen LogP contribution is -2.15. The third-order valence-corrected chi connectivity index (χ3v) is 3.88. The van der Waals surface area contributed by atoms with Crippen molar-refractivity contribution in [2.24, 2.45) is 0 Å². The van der Waals surface area contributed by atoms with Crippen LogP contribution in [0.1, 0.15) is 11.3 Å². The largest absolute Gasteiger partial charge is 0.497 e. The van der Waals surface area contributed by atoms with Crippen molar-refractivity contribution in [1.82, 2.24) is 5.16 Å². The van der Waals surface area contributed by atoms with Crippen molar-refractivity contribution < 1.29 is 18.8 Å². The van der Waals surface area contributed by atoms with E-state index in [4.69, 9.17) is 14.0 Å². The van der Waals surface area contributed by atoms with Crippen molar-refractivity contribution in [1.29, 1.82) is 0 Å². The first kappa shape index (κ1) is 17.5. The van der Waals surface area contributed by atoms with Crippen molar-refractivity contribution in [3.8, 4) is 22.8 Å². The number of benzene rings is 2. The fourth-order valence-electron chi connectivity index (χ4n) is 2.59. The molecular weight excluding hydrogens is 332 g/mol. The average molecular weight is 352 g/mol. The first-order valence-electron chi connectivity index (χ1n) is 8.13. The smallest absolute Gasteiger partial charge is 0.230 e. The molecule has 0 saturated carbocycles. The standard InChI is InChI=1S/C20H20N2O4/c1-13-7-8-18(25-3)17(9-13)21-20(23)12-15-11-19(26-22-15)14-5-4-6-16(10-14)24-2/h4-11H,12H2,1-3H3,(H,21,23). The van der Waals surface area contributed by atoms with Gasteiger partial charge in [-0.15, -0.1) is 0 Å². The van der Waals surface area contributed by atoms with Crippen molar-refractivity contribution >= 4 is 11.6 Å². The molecule has 0 unspecified atom stereocenters. The summed E-state index contributed by atoms with van der Waals surface area (Å²) in [7, 11) is 3.17. The van der Waals surface area contributed by atoms with Crippen LogP contribution in [-0.4, -0.2) is 25.3 Å². The minimum Gasteiger partial charge on any atom is -0.497 e. The number of ether oxygens (including phenoxy) is 2. The molecule has 0 radical (unpaired) electrons. The van der Waals surface area contributed by atoms with Crippen LogP contribution in [0.5, 0.6) is 11.5 Å². The summed E-state index contributed by atoms with van der Waals surface area (Å²) in [6.07, 6.45) is 0.102. The topological polar surface area (TPSA) is 73.6 Å². The molecule has 6 heteroatoms. The van der Waals surface area contributed by atoms with Gasteiger partial charge in [0.2, 0.25) is 5.91 Å². The molecule has 3 aromatic rings. The number of carbonyl (C=O) groups excluding carboxylic acids is 1. The van der Waals surface area contributed by atoms with Crippen LogP contribution < -0.4 is 14.8 Å². The van der Waals surface area contributed by atoms with Crippen molar-refractivity contribution in [2.45, 2.75) is 13.3 Å². The van der Waals surface area contributed by atoms with Gasteiger partial charge in [-0.25, -0.2) is 0 Å². The van der Waals surface area contributed by atoms with Gasteiger partial charge < -0.3 is 19.3 Å². The fraction of sp³-hybridized carbons (Fsp3) is 0.200. The van der Waals surface area contributed by atoms with Crippen LogP contribution in [0.2, 0.25) is 0 Å². The molecule has 0 aliphatic carbocycles. The summed E-state index contributed by atoms with van der Waals surface area (Å²) in [5, 5.41) is 6.83. The minimum atomic E-state index is -0.195. The van der Waals surface area contributed by atoms with E-state index in [1.165, 1.54) is 0 Å². The monoisotopic (exact) mass is 352 g/mol. The zero-order chi connectivity index (χ0) is 18.5. The third kappa shape index (κ3) is 4.03. The Morgan fingerprint density at radius 2 is 1.96 bits per heavy atom. The Hall–Kier alpha value is -3.28. The predicted octanol–water partition coefficient (Wildman–Crippen LogP) is 3.85. The Labute approximate surface area is 151 Å². The molecule has 1 aromatic heterocycles. The molecule has 0 fully saturated rings. The number of anilines is 1. The molecule has 134 valence electrons. The van der Waals surface area contributed by atoms with Crippen molar-refractivity contribution in [2.75, 3.05) is 19.5 Å². The van der Waals surface area contributed by atoms with Crippen molar-refractivity contribution in [3.05, 3.63) is 59.8 Å². The van der Waals surface area contributed by atoms with Gasteiger partial charge in [0.15, 0.2) is 5.76 Å². The molecule has 1 heterocycles. The molecule has 6 nitrogen and oxygen atoms in total. The average Bonchev–Trinajstić information content (AvgIpc) is 3.10. The molecule has 0 aliphatic heterocycles. The summed E-state index contributed by atoms with van der Waals surface area (Å²) in [6.45, 7) is 1.95. The van der Waals surface area contributed by atoms with E-state index in [9.17, 15) is 4.79 Å². The number of aromatic nitrogens is 1. The van der Waals surface area contributed by atoms with Crippen LogP contribution in [0.4, 0.5) is 5.69 Å². The minimum absolute atomic E-state index is 0.102. The van der Waals surface area contributed by atoms with Gasteiger partial charge in [0, 0.05) is 11.6 Å². The zero-order valence-electron chi connectivity index (χ0n) is 14.9. The lowest BCUT2D eigenvalue weighted by Gasteiger charge is -2.10. The van der Waals surface area contributed by atoms with E-state index in [1.54, 1.807) is 20.3 Å². The quantitative estimate of drug-likeness (QED) is 0.729. The second-order valence-electron chi connectivity index (χ2n) is 5.84. The van der Waals surface area contributed by atoms with Crippen LogP contribution in [0, 0.1) is 6.92 Å². The molecule has 0 bridgehead atoms. The van der Waals surface area contributed by atoms with Crippen LogP contribution in [0.3, 0.4) is 0 Å². The highest BCUT2D eigenvalue weighted by Crippen LogP contribution is 2.26. The maximum atomic E-state index is 12.3. The van der Waals surface area contributed by atoms with E-state index in [0.717, 1.165) is 16.9 Å². The number of carbonyl (C=O) groups is 1. The van der Waals surface area contributed by atoms with E-state index >= 15 is 0 Å². The Kier molecular flexibility index (Phi) is 5.22. The maximum Gasteiger partial charge on any atom is 0.230 e. The summed E-state index contributed by atoms with van der Waals surface area (Å²) in [5.41, 5.74) is 3.05. The van der Waals surface area contributed by atoms with E-state index in [2.05, 4.69) is 10.5 Å². The molecule has 26 heavy (non-hydrogen) atoms. The highest BCUT2D eigenvalue weighted by molar-refractivity contribution is 5.93. The first-order chi connectivity index (χ1) is 12.6. The van der Waals surface area contributed by atoms with Crippen LogP contribution >= 0.6 is 0 Å². The third-order valence-electron chi connectivity index (χ3n) is 3.88. The number of hydrogen-bond acceptors (Lipinski definition) is 5. The molecule has 0 atom stereocenters. The van der Waals surface area contributed by atoms with Gasteiger partial charge in [0.1, 0.15) is 11.5 Å². The van der Waals surface area contributed by atoms with E-state index in [-0.39, 0.29) is 12.3 Å². The molecule has 1 N–H and O–H groups in total. The van der Waals surface area contributed by atoms with E-state index in [1.807, 2.05) is 49.4 Å². The molecule has 2 aromatic carbocycles. The number of aryl methyl sites for hydroxylation is 1. The zero-order valence-corrected chi connectivity index (χ0v) is 14.9. The molecule has 0 aliphatic rings. The highest BCUT2D eigenvalue weighted by atomic mass is 16.5. The summed E-state index contributed by atoms with van der Waals surface area (Å²) < 4.78 is 15.8. The number of hydrogen-bond donors (Lipinski definition) is 1. The van der Waals surface area contributed by atoms with Crippen LogP contribution in [0.15, 0.2) is 53.1 Å². The van der Waals surface area contributed by atoms with Crippen LogP contribution in [-0.2, 0) is 11.2 Å². The Bertz CT molecular complexity index is 918. The molecule has 1 amide bonds. The number of nitrogens with zero attached hydrogens (tertiary/aromatic N) is 1. The second kappa shape index (κ2) is 7.74. The van der Waals surface area contributed by atoms with Gasteiger partial charge in [-0.2, -0.15) is 0 Å². The Morgan fingerprint density at radius 1 is 1.12 bits per heavy atom. The van der Waals surface area contributed by atoms with Gasteiger partial charge in [-0.05, 0) is 36.8 Å². The highest BCUT2D eigenvalue weighted by Gasteiger charge is 2.13. The second-order valence-corrected chi connectivity index (χ2v) is 5.84. The van der Waals surface area contributed by atoms with Gasteiger partial charge in [-0.1, -0.05) is 23.4 Å². The van der Waals surface area contributed by atoms with E-state index in [0.29, 0.717) is 22.9 Å². The summed E-state index contributed by atoms with van der Waals surface area (Å²) in [6, 6.07) is 14.8. The number of amides is 1. The predicted molar refractivity (Wildman–Crippen MR) is 98.6 cm³/mol. The summed E-state index contributed by atoms with van der Waals surface area (Å²) in [5.74, 6) is 1.73. The van der Waals surface area contributed by atoms with Crippen LogP contribution in [0.25, 0.3) is 11.3 Å². The fourth-order valence-corrected chi connectivity index (χ4v) is 2.59. The van der Waals surface area contributed by atoms with Crippen molar-refractivity contribution in [3.63, 3.8) is 0 Å². The van der Waals surface area contributed by atoms with E-state index < -0.39 is 0 Å². The van der Waals surface area contributed by atoms with Gasteiger partial charge in [-0.3, -0.25) is 4.79 Å². The first-order valence-corrected chi connectivity index (χ1v) is 8.13. The Morgan fingerprint density at radius 3 is 2.73 bits per heavy atom. The summed E-state index contributed by atoms with van der Waals surface area (Å²) >= 11 is 0. The lowest BCUT2D eigenvalue weighted by molar-refractivity contribution is -0.115. The molecular formula is C20H20N2O4. The summed E-state index contributed by atoms with van der Waals surface area (Å²) in [4.78, 5) is 12.3. The normalized spacial score (nSPS) is 10.4. The molecule has 0 spiro atoms. The van der Waals surface area contributed by atoms with Gasteiger partial charge in [0.25, 0.3) is 0 Å². The number of methoxy groups -OCH3 is 2. The molecule has 0 saturated heterocycles. The van der Waals surface area contributed by atoms with Gasteiger partial charge in [0.05, 0.1) is 32.0 Å². The number of nitrogens with one attached hydrogen (secondary N) is 1.